The number of nitrogens with two attached hydrogens (primary N) is 1. The maximum Gasteiger partial charge on any atom is 0.238 e. The van der Waals surface area contributed by atoms with Crippen molar-refractivity contribution in [2.45, 2.75) is 70.0 Å². The number of anilines is 1. The Morgan fingerprint density at radius 2 is 1.58 bits per heavy atom. The Labute approximate surface area is 158 Å². The lowest BCUT2D eigenvalue weighted by atomic mass is 10.2. The van der Waals surface area contributed by atoms with Crippen LogP contribution in [0.5, 0.6) is 0 Å². The first-order chi connectivity index (χ1) is 11.8. The van der Waals surface area contributed by atoms with E-state index in [1.807, 2.05) is 0 Å². The highest BCUT2D eigenvalue weighted by atomic mass is 32.2. The van der Waals surface area contributed by atoms with Crippen LogP contribution in [0.25, 0.3) is 0 Å². The molecule has 0 aliphatic carbocycles. The van der Waals surface area contributed by atoms with Gasteiger partial charge in [-0.25, -0.2) is 13.6 Å². The molecule has 0 radical (unpaired) electrons. The summed E-state index contributed by atoms with van der Waals surface area (Å²) in [7, 11) is -5.83. The van der Waals surface area contributed by atoms with Crippen LogP contribution in [0.15, 0.2) is 23.1 Å². The zero-order valence-corrected chi connectivity index (χ0v) is 18.5. The van der Waals surface area contributed by atoms with E-state index in [0.717, 1.165) is 0 Å². The first-order valence-electron chi connectivity index (χ1n) is 8.80. The quantitative estimate of drug-likeness (QED) is 0.587. The molecule has 0 fully saturated rings. The molecule has 26 heavy (non-hydrogen) atoms. The SMILES string of the molecule is CC(=O)Nc1ccc(S(N)(=O)=O)cc1C#C[Si](C(C)C)(C(C)C)C(C)C. The summed E-state index contributed by atoms with van der Waals surface area (Å²) in [5.74, 6) is 2.95. The van der Waals surface area contributed by atoms with Crippen molar-refractivity contribution in [2.24, 2.45) is 5.14 Å². The number of hydrogen-bond acceptors (Lipinski definition) is 3. The zero-order chi connectivity index (χ0) is 20.3. The van der Waals surface area contributed by atoms with Gasteiger partial charge in [-0.1, -0.05) is 47.5 Å². The number of primary sulfonamides is 1. The van der Waals surface area contributed by atoms with Crippen LogP contribution < -0.4 is 10.5 Å². The molecule has 0 aliphatic heterocycles. The molecule has 0 aromatic heterocycles. The minimum absolute atomic E-state index is 0.0122. The number of rotatable bonds is 5. The van der Waals surface area contributed by atoms with Crippen molar-refractivity contribution in [3.8, 4) is 11.5 Å². The van der Waals surface area contributed by atoms with E-state index in [4.69, 9.17) is 5.14 Å². The largest absolute Gasteiger partial charge is 0.325 e. The van der Waals surface area contributed by atoms with Crippen LogP contribution in [-0.4, -0.2) is 22.4 Å². The highest BCUT2D eigenvalue weighted by Gasteiger charge is 2.41. The van der Waals surface area contributed by atoms with E-state index in [1.54, 1.807) is 0 Å². The minimum Gasteiger partial charge on any atom is -0.325 e. The van der Waals surface area contributed by atoms with Crippen molar-refractivity contribution in [1.82, 2.24) is 0 Å². The van der Waals surface area contributed by atoms with E-state index >= 15 is 0 Å². The molecule has 0 unspecified atom stereocenters. The Balaban J connectivity index is 3.64. The lowest BCUT2D eigenvalue weighted by Crippen LogP contribution is -2.43. The summed E-state index contributed by atoms with van der Waals surface area (Å²) in [6.07, 6.45) is 0. The smallest absolute Gasteiger partial charge is 0.238 e. The van der Waals surface area contributed by atoms with Crippen LogP contribution in [0.1, 0.15) is 54.0 Å². The Morgan fingerprint density at radius 3 is 1.96 bits per heavy atom. The summed E-state index contributed by atoms with van der Waals surface area (Å²) in [6, 6.07) is 4.35. The molecule has 5 nitrogen and oxygen atoms in total. The number of sulfonamides is 1. The topological polar surface area (TPSA) is 89.3 Å². The van der Waals surface area contributed by atoms with E-state index in [9.17, 15) is 13.2 Å². The van der Waals surface area contributed by atoms with Gasteiger partial charge >= 0.3 is 0 Å². The molecule has 0 atom stereocenters. The van der Waals surface area contributed by atoms with Crippen molar-refractivity contribution >= 4 is 29.7 Å². The van der Waals surface area contributed by atoms with Gasteiger partial charge in [0, 0.05) is 12.5 Å². The molecular weight excluding hydrogens is 364 g/mol. The average Bonchev–Trinajstić information content (AvgIpc) is 2.46. The number of hydrogen-bond donors (Lipinski definition) is 2. The Hall–Kier alpha value is -1.62. The van der Waals surface area contributed by atoms with Gasteiger partial charge in [-0.15, -0.1) is 5.54 Å². The van der Waals surface area contributed by atoms with Gasteiger partial charge in [-0.2, -0.15) is 0 Å². The van der Waals surface area contributed by atoms with Crippen molar-refractivity contribution < 1.29 is 13.2 Å². The molecule has 0 aliphatic rings. The van der Waals surface area contributed by atoms with Crippen molar-refractivity contribution in [2.75, 3.05) is 5.32 Å². The van der Waals surface area contributed by atoms with Gasteiger partial charge in [-0.05, 0) is 34.8 Å². The second kappa shape index (κ2) is 8.38. The van der Waals surface area contributed by atoms with Gasteiger partial charge in [0.15, 0.2) is 0 Å². The van der Waals surface area contributed by atoms with Crippen LogP contribution in [0.2, 0.25) is 16.6 Å². The number of nitrogens with one attached hydrogen (secondary N) is 1. The van der Waals surface area contributed by atoms with Gasteiger partial charge in [0.25, 0.3) is 0 Å². The average molecular weight is 395 g/mol. The lowest BCUT2D eigenvalue weighted by Gasteiger charge is -2.38. The van der Waals surface area contributed by atoms with Crippen LogP contribution in [0.3, 0.4) is 0 Å². The second-order valence-corrected chi connectivity index (χ2v) is 14.7. The van der Waals surface area contributed by atoms with E-state index in [0.29, 0.717) is 27.9 Å². The maximum atomic E-state index is 11.7. The van der Waals surface area contributed by atoms with Crippen molar-refractivity contribution in [3.05, 3.63) is 23.8 Å². The van der Waals surface area contributed by atoms with Gasteiger partial charge in [0.1, 0.15) is 8.07 Å². The predicted octanol–water partition coefficient (Wildman–Crippen LogP) is 3.86. The summed E-state index contributed by atoms with van der Waals surface area (Å²) in [5.41, 5.74) is 5.85. The summed E-state index contributed by atoms with van der Waals surface area (Å²) in [6.45, 7) is 14.6. The molecule has 1 aromatic carbocycles. The highest BCUT2D eigenvalue weighted by Crippen LogP contribution is 2.40. The van der Waals surface area contributed by atoms with E-state index in [2.05, 4.69) is 58.3 Å². The normalized spacial score (nSPS) is 12.3. The molecule has 0 spiro atoms. The molecule has 3 N–H and O–H groups in total. The van der Waals surface area contributed by atoms with Crippen LogP contribution >= 0.6 is 0 Å². The van der Waals surface area contributed by atoms with E-state index in [-0.39, 0.29) is 10.8 Å². The third kappa shape index (κ3) is 4.97. The van der Waals surface area contributed by atoms with Crippen LogP contribution in [-0.2, 0) is 14.8 Å². The monoisotopic (exact) mass is 394 g/mol. The zero-order valence-electron chi connectivity index (χ0n) is 16.7. The highest BCUT2D eigenvalue weighted by molar-refractivity contribution is 7.89. The van der Waals surface area contributed by atoms with Gasteiger partial charge in [-0.3, -0.25) is 4.79 Å². The molecule has 144 valence electrons. The Bertz CT molecular complexity index is 812. The second-order valence-electron chi connectivity index (χ2n) is 7.58. The third-order valence-electron chi connectivity index (χ3n) is 4.91. The number of carbonyl (C=O) groups is 1. The molecule has 7 heteroatoms. The lowest BCUT2D eigenvalue weighted by molar-refractivity contribution is -0.114. The van der Waals surface area contributed by atoms with Crippen molar-refractivity contribution in [3.63, 3.8) is 0 Å². The van der Waals surface area contributed by atoms with E-state index < -0.39 is 18.1 Å². The number of benzene rings is 1. The molecule has 0 saturated heterocycles. The minimum atomic E-state index is -3.84. The molecule has 1 rings (SSSR count). The summed E-state index contributed by atoms with van der Waals surface area (Å²) >= 11 is 0. The van der Waals surface area contributed by atoms with Crippen LogP contribution in [0, 0.1) is 11.5 Å². The molecular formula is C19H30N2O3SSi. The van der Waals surface area contributed by atoms with Gasteiger partial charge < -0.3 is 5.32 Å². The predicted molar refractivity (Wildman–Crippen MR) is 110 cm³/mol. The molecule has 1 amide bonds. The summed E-state index contributed by atoms with van der Waals surface area (Å²) in [4.78, 5) is 11.5. The Kier molecular flexibility index (Phi) is 7.22. The van der Waals surface area contributed by atoms with E-state index in [1.165, 1.54) is 25.1 Å². The van der Waals surface area contributed by atoms with Gasteiger partial charge in [0.05, 0.1) is 10.6 Å². The standard InChI is InChI=1S/C19H30N2O3SSi/c1-13(2)26(14(3)4,15(5)6)11-10-17-12-18(25(20,23)24)8-9-19(17)21-16(7)22/h8-9,12-15H,1-7H3,(H,21,22)(H2,20,23,24). The molecule has 0 bridgehead atoms. The van der Waals surface area contributed by atoms with Crippen molar-refractivity contribution in [1.29, 1.82) is 0 Å². The Morgan fingerprint density at radius 1 is 1.08 bits per heavy atom. The third-order valence-corrected chi connectivity index (χ3v) is 12.1. The first kappa shape index (κ1) is 22.4. The summed E-state index contributed by atoms with van der Waals surface area (Å²) < 4.78 is 23.4. The van der Waals surface area contributed by atoms with Crippen LogP contribution in [0.4, 0.5) is 5.69 Å². The summed E-state index contributed by atoms with van der Waals surface area (Å²) in [5, 5.41) is 7.96. The van der Waals surface area contributed by atoms with Gasteiger partial charge in [0.2, 0.25) is 15.9 Å². The number of carbonyl (C=O) groups excluding carboxylic acids is 1. The molecule has 0 heterocycles. The maximum absolute atomic E-state index is 11.7. The fourth-order valence-electron chi connectivity index (χ4n) is 3.71. The first-order valence-corrected chi connectivity index (χ1v) is 12.6. The molecule has 0 saturated carbocycles. The fourth-order valence-corrected chi connectivity index (χ4v) is 9.47. The fraction of sp³-hybridized carbons (Fsp3) is 0.526. The molecule has 1 aromatic rings. The number of amides is 1.